The Balaban J connectivity index is 1.95. The summed E-state index contributed by atoms with van der Waals surface area (Å²) in [5.41, 5.74) is 5.67. The summed E-state index contributed by atoms with van der Waals surface area (Å²) in [5, 5.41) is 2.89. The smallest absolute Gasteiger partial charge is 0.236 e. The summed E-state index contributed by atoms with van der Waals surface area (Å²) in [7, 11) is 0. The summed E-state index contributed by atoms with van der Waals surface area (Å²) in [4.78, 5) is 11.4. The van der Waals surface area contributed by atoms with Crippen LogP contribution in [0.4, 0.5) is 0 Å². The maximum absolute atomic E-state index is 11.4. The van der Waals surface area contributed by atoms with Gasteiger partial charge in [0.15, 0.2) is 0 Å². The van der Waals surface area contributed by atoms with Crippen molar-refractivity contribution in [3.63, 3.8) is 0 Å². The van der Waals surface area contributed by atoms with Crippen LogP contribution >= 0.6 is 0 Å². The van der Waals surface area contributed by atoms with Gasteiger partial charge in [-0.25, -0.2) is 0 Å². The fraction of sp³-hybridized carbons (Fsp3) is 0.909. The minimum Gasteiger partial charge on any atom is -0.355 e. The summed E-state index contributed by atoms with van der Waals surface area (Å²) < 4.78 is 0. The Morgan fingerprint density at radius 2 is 2.29 bits per heavy atom. The predicted molar refractivity (Wildman–Crippen MR) is 57.9 cm³/mol. The minimum atomic E-state index is -0.305. The molecule has 3 heteroatoms. The van der Waals surface area contributed by atoms with Gasteiger partial charge in [-0.2, -0.15) is 0 Å². The molecule has 3 N–H and O–H groups in total. The summed E-state index contributed by atoms with van der Waals surface area (Å²) in [5.74, 6) is 0.971. The Hall–Kier alpha value is -0.570. The fourth-order valence-corrected chi connectivity index (χ4v) is 1.58. The van der Waals surface area contributed by atoms with E-state index in [1.54, 1.807) is 0 Å². The number of hydrogen-bond donors (Lipinski definition) is 2. The van der Waals surface area contributed by atoms with Gasteiger partial charge in [0.2, 0.25) is 5.91 Å². The van der Waals surface area contributed by atoms with Gasteiger partial charge in [-0.1, -0.05) is 26.2 Å². The topological polar surface area (TPSA) is 55.1 Å². The van der Waals surface area contributed by atoms with Crippen molar-refractivity contribution >= 4 is 5.91 Å². The maximum atomic E-state index is 11.4. The van der Waals surface area contributed by atoms with Gasteiger partial charge in [-0.05, 0) is 25.2 Å². The first-order valence-corrected chi connectivity index (χ1v) is 5.77. The molecule has 1 amide bonds. The van der Waals surface area contributed by atoms with Crippen molar-refractivity contribution in [2.75, 3.05) is 6.54 Å². The van der Waals surface area contributed by atoms with Gasteiger partial charge in [0.25, 0.3) is 0 Å². The summed E-state index contributed by atoms with van der Waals surface area (Å²) in [6, 6.07) is -0.305. The van der Waals surface area contributed by atoms with Crippen molar-refractivity contribution < 1.29 is 4.79 Å². The molecule has 0 bridgehead atoms. The molecule has 1 aliphatic carbocycles. The van der Waals surface area contributed by atoms with Gasteiger partial charge in [0.05, 0.1) is 6.04 Å². The largest absolute Gasteiger partial charge is 0.355 e. The molecule has 1 rings (SSSR count). The maximum Gasteiger partial charge on any atom is 0.236 e. The number of nitrogens with two attached hydrogens (primary N) is 1. The van der Waals surface area contributed by atoms with E-state index in [0.717, 1.165) is 31.7 Å². The lowest BCUT2D eigenvalue weighted by atomic mass is 10.1. The van der Waals surface area contributed by atoms with Gasteiger partial charge in [-0.15, -0.1) is 0 Å². The second-order valence-electron chi connectivity index (χ2n) is 4.27. The van der Waals surface area contributed by atoms with Crippen LogP contribution in [0.15, 0.2) is 0 Å². The Bertz CT molecular complexity index is 178. The molecule has 1 aliphatic rings. The minimum absolute atomic E-state index is 0.0163. The van der Waals surface area contributed by atoms with E-state index in [9.17, 15) is 4.79 Å². The van der Waals surface area contributed by atoms with Crippen LogP contribution < -0.4 is 11.1 Å². The van der Waals surface area contributed by atoms with Gasteiger partial charge >= 0.3 is 0 Å². The van der Waals surface area contributed by atoms with Crippen molar-refractivity contribution in [3.8, 4) is 0 Å². The Labute approximate surface area is 86.4 Å². The van der Waals surface area contributed by atoms with Crippen molar-refractivity contribution in [2.45, 2.75) is 51.5 Å². The molecule has 0 radical (unpaired) electrons. The van der Waals surface area contributed by atoms with Crippen molar-refractivity contribution in [1.29, 1.82) is 0 Å². The predicted octanol–water partition coefficient (Wildman–Crippen LogP) is 1.42. The van der Waals surface area contributed by atoms with Gasteiger partial charge in [0.1, 0.15) is 0 Å². The van der Waals surface area contributed by atoms with E-state index in [-0.39, 0.29) is 11.9 Å². The molecule has 1 atom stereocenters. The highest BCUT2D eigenvalue weighted by atomic mass is 16.2. The molecule has 1 fully saturated rings. The molecule has 3 nitrogen and oxygen atoms in total. The second kappa shape index (κ2) is 6.02. The standard InChI is InChI=1S/C11H22N2O/c1-2-4-10(12)11(14)13-8-3-5-9-6-7-9/h9-10H,2-8,12H2,1H3,(H,13,14)/t10-/m0/s1. The van der Waals surface area contributed by atoms with E-state index in [4.69, 9.17) is 5.73 Å². The molecule has 0 aromatic carbocycles. The normalized spacial score (nSPS) is 17.9. The lowest BCUT2D eigenvalue weighted by molar-refractivity contribution is -0.122. The monoisotopic (exact) mass is 198 g/mol. The molecule has 0 spiro atoms. The highest BCUT2D eigenvalue weighted by molar-refractivity contribution is 5.81. The zero-order valence-corrected chi connectivity index (χ0v) is 9.09. The van der Waals surface area contributed by atoms with Crippen molar-refractivity contribution in [3.05, 3.63) is 0 Å². The highest BCUT2D eigenvalue weighted by Crippen LogP contribution is 2.33. The van der Waals surface area contributed by atoms with Crippen LogP contribution in [0.1, 0.15) is 45.4 Å². The molecular weight excluding hydrogens is 176 g/mol. The van der Waals surface area contributed by atoms with E-state index in [1.165, 1.54) is 19.3 Å². The van der Waals surface area contributed by atoms with Crippen LogP contribution in [0.2, 0.25) is 0 Å². The Morgan fingerprint density at radius 1 is 1.57 bits per heavy atom. The lowest BCUT2D eigenvalue weighted by Crippen LogP contribution is -2.40. The van der Waals surface area contributed by atoms with Crippen LogP contribution in [0.25, 0.3) is 0 Å². The first kappa shape index (κ1) is 11.5. The number of hydrogen-bond acceptors (Lipinski definition) is 2. The third-order valence-corrected chi connectivity index (χ3v) is 2.72. The van der Waals surface area contributed by atoms with E-state index in [2.05, 4.69) is 5.32 Å². The second-order valence-corrected chi connectivity index (χ2v) is 4.27. The molecule has 0 heterocycles. The van der Waals surface area contributed by atoms with E-state index < -0.39 is 0 Å². The van der Waals surface area contributed by atoms with Crippen molar-refractivity contribution in [1.82, 2.24) is 5.32 Å². The molecule has 1 saturated carbocycles. The number of rotatable bonds is 7. The first-order valence-electron chi connectivity index (χ1n) is 5.77. The third kappa shape index (κ3) is 4.61. The first-order chi connectivity index (χ1) is 6.74. The average molecular weight is 198 g/mol. The number of carbonyl (C=O) groups excluding carboxylic acids is 1. The van der Waals surface area contributed by atoms with E-state index >= 15 is 0 Å². The van der Waals surface area contributed by atoms with Gasteiger partial charge in [-0.3, -0.25) is 4.79 Å². The quantitative estimate of drug-likeness (QED) is 0.608. The lowest BCUT2D eigenvalue weighted by Gasteiger charge is -2.10. The average Bonchev–Trinajstić information content (AvgIpc) is 2.96. The van der Waals surface area contributed by atoms with Crippen LogP contribution in [0.5, 0.6) is 0 Å². The van der Waals surface area contributed by atoms with Gasteiger partial charge in [0, 0.05) is 6.54 Å². The third-order valence-electron chi connectivity index (χ3n) is 2.72. The SMILES string of the molecule is CCC[C@H](N)C(=O)NCCCC1CC1. The summed E-state index contributed by atoms with van der Waals surface area (Å²) in [6.45, 7) is 2.84. The molecule has 0 saturated heterocycles. The summed E-state index contributed by atoms with van der Waals surface area (Å²) in [6.07, 6.45) is 6.91. The molecule has 0 aromatic rings. The molecule has 14 heavy (non-hydrogen) atoms. The Kier molecular flexibility index (Phi) is 4.94. The Morgan fingerprint density at radius 3 is 2.86 bits per heavy atom. The number of amides is 1. The van der Waals surface area contributed by atoms with E-state index in [0.29, 0.717) is 0 Å². The van der Waals surface area contributed by atoms with E-state index in [1.807, 2.05) is 6.92 Å². The van der Waals surface area contributed by atoms with Crippen LogP contribution in [0, 0.1) is 5.92 Å². The molecular formula is C11H22N2O. The molecule has 82 valence electrons. The zero-order valence-electron chi connectivity index (χ0n) is 9.09. The zero-order chi connectivity index (χ0) is 10.4. The fourth-order valence-electron chi connectivity index (χ4n) is 1.58. The van der Waals surface area contributed by atoms with Crippen LogP contribution in [-0.4, -0.2) is 18.5 Å². The van der Waals surface area contributed by atoms with Gasteiger partial charge < -0.3 is 11.1 Å². The van der Waals surface area contributed by atoms with Crippen LogP contribution in [-0.2, 0) is 4.79 Å². The highest BCUT2D eigenvalue weighted by Gasteiger charge is 2.20. The number of nitrogens with one attached hydrogen (secondary N) is 1. The molecule has 0 unspecified atom stereocenters. The summed E-state index contributed by atoms with van der Waals surface area (Å²) >= 11 is 0. The van der Waals surface area contributed by atoms with Crippen LogP contribution in [0.3, 0.4) is 0 Å². The number of carbonyl (C=O) groups is 1. The van der Waals surface area contributed by atoms with Crippen molar-refractivity contribution in [2.24, 2.45) is 11.7 Å². The molecule has 0 aliphatic heterocycles. The molecule has 0 aromatic heterocycles.